The first-order chi connectivity index (χ1) is 15.9. The molecule has 1 amide bonds. The van der Waals surface area contributed by atoms with Crippen molar-refractivity contribution in [2.75, 3.05) is 5.32 Å². The highest BCUT2D eigenvalue weighted by atomic mass is 16.6. The van der Waals surface area contributed by atoms with E-state index in [4.69, 9.17) is 0 Å². The zero-order valence-corrected chi connectivity index (χ0v) is 17.4. The number of aryl methyl sites for hydroxylation is 1. The van der Waals surface area contributed by atoms with E-state index in [2.05, 4.69) is 10.4 Å². The number of nitro groups is 1. The highest BCUT2D eigenvalue weighted by Crippen LogP contribution is 2.33. The van der Waals surface area contributed by atoms with Crippen molar-refractivity contribution in [2.45, 2.75) is 0 Å². The summed E-state index contributed by atoms with van der Waals surface area (Å²) in [6.45, 7) is 0. The van der Waals surface area contributed by atoms with Crippen LogP contribution in [0.5, 0.6) is 5.75 Å². The lowest BCUT2D eigenvalue weighted by Gasteiger charge is -2.16. The van der Waals surface area contributed by atoms with Gasteiger partial charge in [0, 0.05) is 30.3 Å². The summed E-state index contributed by atoms with van der Waals surface area (Å²) in [7, 11) is 1.44. The van der Waals surface area contributed by atoms with Crippen molar-refractivity contribution in [3.8, 4) is 28.1 Å². The number of carbonyl (C=O) groups is 1. The summed E-state index contributed by atoms with van der Waals surface area (Å²) in [5, 5.41) is 28.1. The van der Waals surface area contributed by atoms with Crippen LogP contribution in [-0.4, -0.2) is 25.7 Å². The summed E-state index contributed by atoms with van der Waals surface area (Å²) < 4.78 is 1.07. The number of amides is 1. The topological polar surface area (TPSA) is 127 Å². The average Bonchev–Trinajstić information content (AvgIpc) is 2.82. The van der Waals surface area contributed by atoms with Gasteiger partial charge < -0.3 is 10.4 Å². The van der Waals surface area contributed by atoms with Crippen molar-refractivity contribution in [3.05, 3.63) is 105 Å². The van der Waals surface area contributed by atoms with Crippen LogP contribution in [0.3, 0.4) is 0 Å². The van der Waals surface area contributed by atoms with Gasteiger partial charge in [-0.25, -0.2) is 4.68 Å². The molecule has 0 atom stereocenters. The minimum atomic E-state index is -0.829. The van der Waals surface area contributed by atoms with Gasteiger partial charge >= 0.3 is 0 Å². The van der Waals surface area contributed by atoms with E-state index in [0.29, 0.717) is 22.4 Å². The van der Waals surface area contributed by atoms with E-state index < -0.39 is 16.4 Å². The Morgan fingerprint density at radius 1 is 1.00 bits per heavy atom. The Kier molecular flexibility index (Phi) is 5.69. The van der Waals surface area contributed by atoms with E-state index in [1.54, 1.807) is 30.3 Å². The maximum atomic E-state index is 13.4. The number of hydrogen-bond donors (Lipinski definition) is 2. The fourth-order valence-electron chi connectivity index (χ4n) is 3.45. The average molecular weight is 442 g/mol. The second-order valence-corrected chi connectivity index (χ2v) is 7.17. The molecule has 0 unspecified atom stereocenters. The molecule has 3 aromatic carbocycles. The molecule has 0 saturated carbocycles. The highest BCUT2D eigenvalue weighted by molar-refractivity contribution is 6.11. The van der Waals surface area contributed by atoms with Gasteiger partial charge in [0.1, 0.15) is 11.3 Å². The third-order valence-corrected chi connectivity index (χ3v) is 5.02. The molecule has 2 N–H and O–H groups in total. The molecule has 9 heteroatoms. The van der Waals surface area contributed by atoms with E-state index in [0.717, 1.165) is 22.9 Å². The Hall–Kier alpha value is -4.79. The molecule has 164 valence electrons. The van der Waals surface area contributed by atoms with Gasteiger partial charge in [0.15, 0.2) is 0 Å². The minimum Gasteiger partial charge on any atom is -0.506 e. The molecule has 0 aliphatic carbocycles. The van der Waals surface area contributed by atoms with Gasteiger partial charge in [-0.05, 0) is 11.6 Å². The number of nitrogens with one attached hydrogen (secondary N) is 1. The lowest BCUT2D eigenvalue weighted by atomic mass is 9.95. The molecule has 0 aliphatic heterocycles. The number of nitro benzene ring substituents is 1. The van der Waals surface area contributed by atoms with Crippen molar-refractivity contribution in [1.29, 1.82) is 0 Å². The number of rotatable bonds is 5. The molecule has 0 saturated heterocycles. The monoisotopic (exact) mass is 442 g/mol. The second-order valence-electron chi connectivity index (χ2n) is 7.17. The maximum Gasteiger partial charge on any atom is 0.280 e. The lowest BCUT2D eigenvalue weighted by Crippen LogP contribution is -2.31. The van der Waals surface area contributed by atoms with Gasteiger partial charge in [0.25, 0.3) is 17.2 Å². The molecule has 0 aliphatic rings. The molecule has 4 aromatic rings. The molecule has 33 heavy (non-hydrogen) atoms. The van der Waals surface area contributed by atoms with Crippen LogP contribution in [0.4, 0.5) is 11.4 Å². The largest absolute Gasteiger partial charge is 0.506 e. The first-order valence-electron chi connectivity index (χ1n) is 9.87. The first kappa shape index (κ1) is 21.4. The molecule has 0 fully saturated rings. The van der Waals surface area contributed by atoms with Gasteiger partial charge in [0.2, 0.25) is 0 Å². The Morgan fingerprint density at radius 3 is 2.21 bits per heavy atom. The molecular formula is C24H18N4O5. The van der Waals surface area contributed by atoms with Crippen LogP contribution in [0.15, 0.2) is 83.7 Å². The number of phenols is 1. The fraction of sp³-hybridized carbons (Fsp3) is 0.0417. The smallest absolute Gasteiger partial charge is 0.280 e. The number of benzene rings is 3. The Balaban J connectivity index is 1.94. The fourth-order valence-corrected chi connectivity index (χ4v) is 3.45. The number of nitrogens with zero attached hydrogens (tertiary/aromatic N) is 3. The van der Waals surface area contributed by atoms with Crippen molar-refractivity contribution in [1.82, 2.24) is 9.78 Å². The number of non-ortho nitro benzene ring substituents is 1. The SMILES string of the molecule is Cn1nc(-c2ccccc2)c(-c2ccccc2)c(C(=O)Nc2cc([N+](=O)[O-])ccc2O)c1=O. The summed E-state index contributed by atoms with van der Waals surface area (Å²) in [5.41, 5.74) is 0.644. The molecule has 0 bridgehead atoms. The number of aromatic nitrogens is 2. The number of phenolic OH excluding ortho intramolecular Hbond substituents is 1. The number of aromatic hydroxyl groups is 1. The first-order valence-corrected chi connectivity index (χ1v) is 9.87. The molecule has 4 rings (SSSR count). The predicted octanol–water partition coefficient (Wildman–Crippen LogP) is 3.98. The zero-order chi connectivity index (χ0) is 23.5. The highest BCUT2D eigenvalue weighted by Gasteiger charge is 2.25. The van der Waals surface area contributed by atoms with E-state index in [-0.39, 0.29) is 22.7 Å². The third-order valence-electron chi connectivity index (χ3n) is 5.02. The molecule has 1 aromatic heterocycles. The van der Waals surface area contributed by atoms with Crippen LogP contribution in [0.25, 0.3) is 22.4 Å². The standard InChI is InChI=1S/C24H18N4O5/c1-27-24(31)21(23(30)25-18-14-17(28(32)33)12-13-19(18)29)20(15-8-4-2-5-9-15)22(26-27)16-10-6-3-7-11-16/h2-14,29H,1H3,(H,25,30). The molecule has 9 nitrogen and oxygen atoms in total. The van der Waals surface area contributed by atoms with Gasteiger partial charge in [-0.2, -0.15) is 5.10 Å². The normalized spacial score (nSPS) is 10.6. The van der Waals surface area contributed by atoms with Crippen LogP contribution in [0, 0.1) is 10.1 Å². The van der Waals surface area contributed by atoms with E-state index >= 15 is 0 Å². The quantitative estimate of drug-likeness (QED) is 0.273. The molecule has 0 spiro atoms. The van der Waals surface area contributed by atoms with E-state index in [9.17, 15) is 24.8 Å². The Morgan fingerprint density at radius 2 is 1.61 bits per heavy atom. The Bertz CT molecular complexity index is 1420. The van der Waals surface area contributed by atoms with E-state index in [1.807, 2.05) is 30.3 Å². The van der Waals surface area contributed by atoms with Crippen molar-refractivity contribution >= 4 is 17.3 Å². The third kappa shape index (κ3) is 4.19. The summed E-state index contributed by atoms with van der Waals surface area (Å²) >= 11 is 0. The van der Waals surface area contributed by atoms with Crippen LogP contribution >= 0.6 is 0 Å². The van der Waals surface area contributed by atoms with E-state index in [1.165, 1.54) is 7.05 Å². The van der Waals surface area contributed by atoms with Gasteiger partial charge in [-0.1, -0.05) is 60.7 Å². The van der Waals surface area contributed by atoms with Crippen molar-refractivity contribution in [2.24, 2.45) is 7.05 Å². The summed E-state index contributed by atoms with van der Waals surface area (Å²) in [6.07, 6.45) is 0. The van der Waals surface area contributed by atoms with Gasteiger partial charge in [-0.3, -0.25) is 19.7 Å². The lowest BCUT2D eigenvalue weighted by molar-refractivity contribution is -0.384. The minimum absolute atomic E-state index is 0.187. The number of carbonyl (C=O) groups excluding carboxylic acids is 1. The number of anilines is 1. The summed E-state index contributed by atoms with van der Waals surface area (Å²) in [6, 6.07) is 21.2. The predicted molar refractivity (Wildman–Crippen MR) is 123 cm³/mol. The van der Waals surface area contributed by atoms with Gasteiger partial charge in [0.05, 0.1) is 16.3 Å². The Labute approximate surface area is 187 Å². The van der Waals surface area contributed by atoms with Crippen molar-refractivity contribution in [3.63, 3.8) is 0 Å². The molecular weight excluding hydrogens is 424 g/mol. The summed E-state index contributed by atoms with van der Waals surface area (Å²) in [5.74, 6) is -1.20. The van der Waals surface area contributed by atoms with Crippen LogP contribution in [-0.2, 0) is 7.05 Å². The maximum absolute atomic E-state index is 13.4. The van der Waals surface area contributed by atoms with Crippen LogP contribution in [0.2, 0.25) is 0 Å². The summed E-state index contributed by atoms with van der Waals surface area (Å²) in [4.78, 5) is 36.9. The second kappa shape index (κ2) is 8.75. The molecule has 1 heterocycles. The van der Waals surface area contributed by atoms with Crippen molar-refractivity contribution < 1.29 is 14.8 Å². The van der Waals surface area contributed by atoms with Crippen LogP contribution < -0.4 is 10.9 Å². The van der Waals surface area contributed by atoms with Crippen LogP contribution in [0.1, 0.15) is 10.4 Å². The van der Waals surface area contributed by atoms with Gasteiger partial charge in [-0.15, -0.1) is 0 Å². The molecule has 0 radical (unpaired) electrons. The zero-order valence-electron chi connectivity index (χ0n) is 17.4. The number of hydrogen-bond acceptors (Lipinski definition) is 6.